The minimum atomic E-state index is -4.16. The minimum absolute atomic E-state index is 0.0409. The van der Waals surface area contributed by atoms with Gasteiger partial charge in [-0.3, -0.25) is 4.79 Å². The summed E-state index contributed by atoms with van der Waals surface area (Å²) in [6, 6.07) is 7.23. The maximum absolute atomic E-state index is 11.9. The minimum Gasteiger partial charge on any atom is -0.356 e. The predicted molar refractivity (Wildman–Crippen MR) is 66.3 cm³/mol. The molecule has 0 fully saturated rings. The molecule has 1 aromatic carbocycles. The summed E-state index contributed by atoms with van der Waals surface area (Å²) >= 11 is 0. The number of amides is 1. The van der Waals surface area contributed by atoms with Crippen molar-refractivity contribution in [1.29, 1.82) is 0 Å². The van der Waals surface area contributed by atoms with Crippen molar-refractivity contribution in [3.05, 3.63) is 35.4 Å². The van der Waals surface area contributed by atoms with E-state index in [4.69, 9.17) is 5.73 Å². The topological polar surface area (TPSA) is 55.1 Å². The first kappa shape index (κ1) is 15.5. The lowest BCUT2D eigenvalue weighted by Gasteiger charge is -2.07. The number of rotatable bonds is 6. The van der Waals surface area contributed by atoms with E-state index in [9.17, 15) is 18.0 Å². The van der Waals surface area contributed by atoms with Crippen LogP contribution in [-0.4, -0.2) is 18.6 Å². The molecule has 0 saturated carbocycles. The molecule has 1 rings (SSSR count). The molecular weight excluding hydrogens is 257 g/mol. The predicted octanol–water partition coefficient (Wildman–Crippen LogP) is 2.15. The number of halogens is 3. The number of alkyl halides is 3. The lowest BCUT2D eigenvalue weighted by atomic mass is 10.1. The Labute approximate surface area is 110 Å². The zero-order valence-electron chi connectivity index (χ0n) is 10.5. The molecule has 19 heavy (non-hydrogen) atoms. The molecule has 0 bridgehead atoms. The number of carbonyl (C=O) groups excluding carboxylic acids is 1. The van der Waals surface area contributed by atoms with Gasteiger partial charge in [0.1, 0.15) is 0 Å². The SMILES string of the molecule is NCc1ccc(CC(=O)NCCCC(F)(F)F)cc1. The van der Waals surface area contributed by atoms with Crippen molar-refractivity contribution in [2.75, 3.05) is 6.54 Å². The van der Waals surface area contributed by atoms with Gasteiger partial charge in [0.2, 0.25) is 5.91 Å². The van der Waals surface area contributed by atoms with E-state index in [0.717, 1.165) is 11.1 Å². The van der Waals surface area contributed by atoms with Crippen molar-refractivity contribution >= 4 is 5.91 Å². The van der Waals surface area contributed by atoms with Crippen LogP contribution in [0.15, 0.2) is 24.3 Å². The van der Waals surface area contributed by atoms with Gasteiger partial charge in [-0.2, -0.15) is 13.2 Å². The summed E-state index contributed by atoms with van der Waals surface area (Å²) in [5, 5.41) is 2.47. The summed E-state index contributed by atoms with van der Waals surface area (Å²) in [4.78, 5) is 11.5. The van der Waals surface area contributed by atoms with E-state index in [0.29, 0.717) is 6.54 Å². The normalized spacial score (nSPS) is 11.4. The van der Waals surface area contributed by atoms with E-state index in [1.54, 1.807) is 12.1 Å². The number of hydrogen-bond donors (Lipinski definition) is 2. The Bertz CT molecular complexity index is 401. The average molecular weight is 274 g/mol. The Kier molecular flexibility index (Phi) is 5.82. The summed E-state index contributed by atoms with van der Waals surface area (Å²) < 4.78 is 35.6. The van der Waals surface area contributed by atoms with E-state index < -0.39 is 12.6 Å². The number of carbonyl (C=O) groups is 1. The van der Waals surface area contributed by atoms with Gasteiger partial charge >= 0.3 is 6.18 Å². The second kappa shape index (κ2) is 7.13. The van der Waals surface area contributed by atoms with Crippen LogP contribution >= 0.6 is 0 Å². The van der Waals surface area contributed by atoms with Gasteiger partial charge in [-0.15, -0.1) is 0 Å². The molecule has 0 aromatic heterocycles. The highest BCUT2D eigenvalue weighted by molar-refractivity contribution is 5.78. The first-order valence-corrected chi connectivity index (χ1v) is 6.02. The van der Waals surface area contributed by atoms with Crippen molar-refractivity contribution in [1.82, 2.24) is 5.32 Å². The van der Waals surface area contributed by atoms with Crippen LogP contribution in [0.1, 0.15) is 24.0 Å². The van der Waals surface area contributed by atoms with Crippen molar-refractivity contribution in [3.8, 4) is 0 Å². The van der Waals surface area contributed by atoms with Crippen molar-refractivity contribution < 1.29 is 18.0 Å². The van der Waals surface area contributed by atoms with Gasteiger partial charge in [0.25, 0.3) is 0 Å². The summed E-state index contributed by atoms with van der Waals surface area (Å²) in [7, 11) is 0. The van der Waals surface area contributed by atoms with Gasteiger partial charge < -0.3 is 11.1 Å². The fourth-order valence-electron chi connectivity index (χ4n) is 1.56. The Morgan fingerprint density at radius 2 is 1.74 bits per heavy atom. The zero-order chi connectivity index (χ0) is 14.3. The van der Waals surface area contributed by atoms with Crippen LogP contribution in [0.2, 0.25) is 0 Å². The molecule has 1 amide bonds. The summed E-state index contributed by atoms with van der Waals surface area (Å²) in [6.45, 7) is 0.475. The summed E-state index contributed by atoms with van der Waals surface area (Å²) in [5.74, 6) is -0.275. The van der Waals surface area contributed by atoms with E-state index in [1.165, 1.54) is 0 Å². The molecule has 6 heteroatoms. The summed E-state index contributed by atoms with van der Waals surface area (Å²) in [6.07, 6.45) is -4.97. The molecule has 0 radical (unpaired) electrons. The maximum Gasteiger partial charge on any atom is 0.389 e. The van der Waals surface area contributed by atoms with Crippen LogP contribution in [0.25, 0.3) is 0 Å². The summed E-state index contributed by atoms with van der Waals surface area (Å²) in [5.41, 5.74) is 7.22. The van der Waals surface area contributed by atoms with Gasteiger partial charge in [0.05, 0.1) is 6.42 Å². The molecule has 3 nitrogen and oxygen atoms in total. The zero-order valence-corrected chi connectivity index (χ0v) is 10.5. The van der Waals surface area contributed by atoms with Crippen LogP contribution in [0.4, 0.5) is 13.2 Å². The number of nitrogens with two attached hydrogens (primary N) is 1. The van der Waals surface area contributed by atoms with Crippen LogP contribution in [0, 0.1) is 0 Å². The monoisotopic (exact) mass is 274 g/mol. The molecule has 0 saturated heterocycles. The van der Waals surface area contributed by atoms with Crippen molar-refractivity contribution in [3.63, 3.8) is 0 Å². The van der Waals surface area contributed by atoms with E-state index in [-0.39, 0.29) is 25.3 Å². The van der Waals surface area contributed by atoms with Crippen molar-refractivity contribution in [2.24, 2.45) is 5.73 Å². The molecule has 106 valence electrons. The fourth-order valence-corrected chi connectivity index (χ4v) is 1.56. The molecule has 3 N–H and O–H groups in total. The first-order chi connectivity index (χ1) is 8.90. The highest BCUT2D eigenvalue weighted by atomic mass is 19.4. The smallest absolute Gasteiger partial charge is 0.356 e. The molecular formula is C13H17F3N2O. The van der Waals surface area contributed by atoms with Gasteiger partial charge in [0.15, 0.2) is 0 Å². The number of nitrogens with one attached hydrogen (secondary N) is 1. The fraction of sp³-hybridized carbons (Fsp3) is 0.462. The van der Waals surface area contributed by atoms with Crippen LogP contribution in [-0.2, 0) is 17.8 Å². The molecule has 0 aliphatic carbocycles. The Morgan fingerprint density at radius 1 is 1.16 bits per heavy atom. The van der Waals surface area contributed by atoms with E-state index in [1.807, 2.05) is 12.1 Å². The molecule has 0 unspecified atom stereocenters. The van der Waals surface area contributed by atoms with Crippen LogP contribution in [0.5, 0.6) is 0 Å². The third kappa shape index (κ3) is 6.81. The molecule has 0 heterocycles. The standard InChI is InChI=1S/C13H17F3N2O/c14-13(15,16)6-1-7-18-12(19)8-10-2-4-11(9-17)5-3-10/h2-5H,1,6-9,17H2,(H,18,19). The molecule has 0 atom stereocenters. The lowest BCUT2D eigenvalue weighted by molar-refractivity contribution is -0.136. The number of hydrogen-bond acceptors (Lipinski definition) is 2. The molecule has 0 aliphatic rings. The van der Waals surface area contributed by atoms with Gasteiger partial charge in [-0.05, 0) is 17.5 Å². The maximum atomic E-state index is 11.9. The second-order valence-electron chi connectivity index (χ2n) is 4.27. The largest absolute Gasteiger partial charge is 0.389 e. The van der Waals surface area contributed by atoms with Crippen molar-refractivity contribution in [2.45, 2.75) is 32.0 Å². The highest BCUT2D eigenvalue weighted by Gasteiger charge is 2.25. The third-order valence-corrected chi connectivity index (χ3v) is 2.58. The van der Waals surface area contributed by atoms with E-state index in [2.05, 4.69) is 5.32 Å². The lowest BCUT2D eigenvalue weighted by Crippen LogP contribution is -2.27. The first-order valence-electron chi connectivity index (χ1n) is 6.02. The van der Waals surface area contributed by atoms with Gasteiger partial charge in [-0.1, -0.05) is 24.3 Å². The van der Waals surface area contributed by atoms with E-state index >= 15 is 0 Å². The number of benzene rings is 1. The highest BCUT2D eigenvalue weighted by Crippen LogP contribution is 2.20. The molecule has 0 aliphatic heterocycles. The van der Waals surface area contributed by atoms with Crippen LogP contribution in [0.3, 0.4) is 0 Å². The Morgan fingerprint density at radius 3 is 2.26 bits per heavy atom. The third-order valence-electron chi connectivity index (χ3n) is 2.58. The average Bonchev–Trinajstić information content (AvgIpc) is 2.34. The Balaban J connectivity index is 2.27. The molecule has 1 aromatic rings. The quantitative estimate of drug-likeness (QED) is 0.781. The second-order valence-corrected chi connectivity index (χ2v) is 4.27. The van der Waals surface area contributed by atoms with Gasteiger partial charge in [-0.25, -0.2) is 0 Å². The van der Waals surface area contributed by atoms with Crippen LogP contribution < -0.4 is 11.1 Å². The Hall–Kier alpha value is -1.56. The van der Waals surface area contributed by atoms with Gasteiger partial charge in [0, 0.05) is 19.5 Å². The molecule has 0 spiro atoms.